The zero-order chi connectivity index (χ0) is 11.1. The van der Waals surface area contributed by atoms with Gasteiger partial charge >= 0.3 is 0 Å². The van der Waals surface area contributed by atoms with E-state index in [0.29, 0.717) is 5.92 Å². The third-order valence-electron chi connectivity index (χ3n) is 2.23. The Morgan fingerprint density at radius 3 is 3.07 bits per heavy atom. The van der Waals surface area contributed by atoms with Gasteiger partial charge in [-0.15, -0.1) is 11.6 Å². The van der Waals surface area contributed by atoms with Gasteiger partial charge in [-0.1, -0.05) is 24.3 Å². The van der Waals surface area contributed by atoms with Gasteiger partial charge < -0.3 is 0 Å². The zero-order valence-electron chi connectivity index (χ0n) is 8.37. The number of halogens is 2. The Balaban J connectivity index is 2.21. The fourth-order valence-electron chi connectivity index (χ4n) is 1.44. The second kappa shape index (κ2) is 6.96. The largest absolute Gasteiger partial charge is 0.277 e. The second-order valence-corrected chi connectivity index (χ2v) is 4.78. The van der Waals surface area contributed by atoms with E-state index in [1.807, 2.05) is 0 Å². The van der Waals surface area contributed by atoms with Crippen molar-refractivity contribution in [3.05, 3.63) is 24.3 Å². The van der Waals surface area contributed by atoms with Gasteiger partial charge in [-0.2, -0.15) is 0 Å². The lowest BCUT2D eigenvalue weighted by molar-refractivity contribution is 0.576. The van der Waals surface area contributed by atoms with E-state index in [1.165, 1.54) is 0 Å². The highest BCUT2D eigenvalue weighted by Crippen LogP contribution is 2.19. The summed E-state index contributed by atoms with van der Waals surface area (Å²) in [5.74, 6) is 0.605. The number of hydrogen-bond donors (Lipinski definition) is 1. The lowest BCUT2D eigenvalue weighted by Gasteiger charge is -2.13. The van der Waals surface area contributed by atoms with Crippen molar-refractivity contribution in [3.8, 4) is 0 Å². The molecule has 2 atom stereocenters. The number of aliphatic imine (C=N–C) groups is 1. The average molecular weight is 290 g/mol. The van der Waals surface area contributed by atoms with Crippen molar-refractivity contribution in [2.75, 3.05) is 0 Å². The van der Waals surface area contributed by atoms with Crippen LogP contribution in [-0.4, -0.2) is 16.3 Å². The molecule has 4 heteroatoms. The van der Waals surface area contributed by atoms with Crippen LogP contribution in [0.15, 0.2) is 29.3 Å². The first-order valence-corrected chi connectivity index (χ1v) is 6.17. The summed E-state index contributed by atoms with van der Waals surface area (Å²) in [6.07, 6.45) is 13.2. The Labute approximate surface area is 104 Å². The highest BCUT2D eigenvalue weighted by atomic mass is 79.9. The Hall–Kier alpha value is -0.410. The van der Waals surface area contributed by atoms with Gasteiger partial charge in [0, 0.05) is 6.21 Å². The molecular weight excluding hydrogens is 275 g/mol. The quantitative estimate of drug-likeness (QED) is 0.353. The van der Waals surface area contributed by atoms with Crippen LogP contribution in [0.1, 0.15) is 19.3 Å². The van der Waals surface area contributed by atoms with Crippen LogP contribution in [0.4, 0.5) is 0 Å². The normalized spacial score (nSPS) is 22.1. The van der Waals surface area contributed by atoms with E-state index in [9.17, 15) is 0 Å². The maximum absolute atomic E-state index is 7.06. The van der Waals surface area contributed by atoms with E-state index in [2.05, 4.69) is 45.2 Å². The van der Waals surface area contributed by atoms with E-state index >= 15 is 0 Å². The molecule has 2 nitrogen and oxygen atoms in total. The van der Waals surface area contributed by atoms with E-state index in [0.717, 1.165) is 19.3 Å². The minimum Gasteiger partial charge on any atom is -0.277 e. The van der Waals surface area contributed by atoms with Gasteiger partial charge in [-0.3, -0.25) is 5.41 Å². The van der Waals surface area contributed by atoms with Crippen molar-refractivity contribution in [3.63, 3.8) is 0 Å². The Morgan fingerprint density at radius 1 is 1.67 bits per heavy atom. The molecule has 0 fully saturated rings. The molecule has 1 rings (SSSR count). The molecule has 0 aliphatic heterocycles. The van der Waals surface area contributed by atoms with Gasteiger partial charge in [0.05, 0.1) is 5.38 Å². The minimum absolute atomic E-state index is 0.0813. The number of amidine groups is 1. The molecule has 0 aromatic carbocycles. The van der Waals surface area contributed by atoms with Crippen LogP contribution in [0.25, 0.3) is 0 Å². The molecule has 82 valence electrons. The topological polar surface area (TPSA) is 36.2 Å². The fourth-order valence-corrected chi connectivity index (χ4v) is 1.74. The van der Waals surface area contributed by atoms with Gasteiger partial charge in [-0.25, -0.2) is 4.99 Å². The van der Waals surface area contributed by atoms with Gasteiger partial charge in [0.15, 0.2) is 4.74 Å². The summed E-state index contributed by atoms with van der Waals surface area (Å²) < 4.78 is 0.119. The predicted octanol–water partition coefficient (Wildman–Crippen LogP) is 3.91. The molecule has 0 spiro atoms. The van der Waals surface area contributed by atoms with Crippen LogP contribution in [0.3, 0.4) is 0 Å². The number of rotatable bonds is 4. The summed E-state index contributed by atoms with van der Waals surface area (Å²) in [6, 6.07) is 0. The molecule has 15 heavy (non-hydrogen) atoms. The molecule has 0 aromatic rings. The maximum atomic E-state index is 7.06. The third-order valence-corrected chi connectivity index (χ3v) is 2.77. The molecule has 0 bridgehead atoms. The van der Waals surface area contributed by atoms with Gasteiger partial charge in [0.2, 0.25) is 0 Å². The van der Waals surface area contributed by atoms with Crippen molar-refractivity contribution >= 4 is 38.5 Å². The molecule has 0 aromatic heterocycles. The molecule has 0 amide bonds. The molecule has 0 saturated carbocycles. The lowest BCUT2D eigenvalue weighted by atomic mass is 9.95. The standard InChI is InChI=1S/C11H14BrClN2/c12-11(14)15-8-10(13)7-6-9-4-2-1-3-5-9/h1-4,8-10,14H,5-7H2/b14-11?,15-8+/t9?,10-/m0/s1. The first kappa shape index (κ1) is 12.7. The van der Waals surface area contributed by atoms with Crippen molar-refractivity contribution in [2.24, 2.45) is 10.9 Å². The second-order valence-electron chi connectivity index (χ2n) is 3.47. The number of alkyl halides is 1. The van der Waals surface area contributed by atoms with Crippen molar-refractivity contribution in [1.29, 1.82) is 5.41 Å². The number of allylic oxidation sites excluding steroid dienone is 4. The minimum atomic E-state index is -0.0813. The molecule has 1 aliphatic carbocycles. The van der Waals surface area contributed by atoms with Crippen LogP contribution in [-0.2, 0) is 0 Å². The van der Waals surface area contributed by atoms with Crippen molar-refractivity contribution in [1.82, 2.24) is 0 Å². The maximum Gasteiger partial charge on any atom is 0.188 e. The summed E-state index contributed by atoms with van der Waals surface area (Å²) in [4.78, 5) is 3.80. The SMILES string of the molecule is N=C(Br)/N=C/[C@@H](Cl)CCC1C=CC=CC1. The average Bonchev–Trinajstić information content (AvgIpc) is 2.25. The smallest absolute Gasteiger partial charge is 0.188 e. The van der Waals surface area contributed by atoms with Crippen LogP contribution >= 0.6 is 27.5 Å². The van der Waals surface area contributed by atoms with E-state index in [4.69, 9.17) is 17.0 Å². The zero-order valence-corrected chi connectivity index (χ0v) is 10.7. The van der Waals surface area contributed by atoms with Gasteiger partial charge in [-0.05, 0) is 41.1 Å². The third kappa shape index (κ3) is 5.90. The summed E-state index contributed by atoms with van der Waals surface area (Å²) >= 11 is 8.97. The molecule has 1 unspecified atom stereocenters. The van der Waals surface area contributed by atoms with Crippen molar-refractivity contribution < 1.29 is 0 Å². The number of nitrogens with zero attached hydrogens (tertiary/aromatic N) is 1. The lowest BCUT2D eigenvalue weighted by Crippen LogP contribution is -2.05. The molecular formula is C11H14BrClN2. The van der Waals surface area contributed by atoms with Crippen LogP contribution in [0, 0.1) is 11.3 Å². The monoisotopic (exact) mass is 288 g/mol. The van der Waals surface area contributed by atoms with Crippen LogP contribution in [0.5, 0.6) is 0 Å². The molecule has 0 saturated heterocycles. The Morgan fingerprint density at radius 2 is 2.47 bits per heavy atom. The molecule has 1 N–H and O–H groups in total. The first-order chi connectivity index (χ1) is 7.18. The Bertz CT molecular complexity index is 297. The van der Waals surface area contributed by atoms with Crippen molar-refractivity contribution in [2.45, 2.75) is 24.6 Å². The van der Waals surface area contributed by atoms with Crippen LogP contribution < -0.4 is 0 Å². The highest BCUT2D eigenvalue weighted by molar-refractivity contribution is 9.18. The van der Waals surface area contributed by atoms with Gasteiger partial charge in [0.1, 0.15) is 0 Å². The van der Waals surface area contributed by atoms with E-state index < -0.39 is 0 Å². The summed E-state index contributed by atoms with van der Waals surface area (Å²) in [5, 5.41) is 6.97. The number of hydrogen-bond acceptors (Lipinski definition) is 1. The fraction of sp³-hybridized carbons (Fsp3) is 0.455. The van der Waals surface area contributed by atoms with Crippen LogP contribution in [0.2, 0.25) is 0 Å². The highest BCUT2D eigenvalue weighted by Gasteiger charge is 2.08. The molecule has 0 radical (unpaired) electrons. The molecule has 1 aliphatic rings. The summed E-state index contributed by atoms with van der Waals surface area (Å²) in [5.41, 5.74) is 0. The first-order valence-electron chi connectivity index (χ1n) is 4.94. The Kier molecular flexibility index (Phi) is 5.88. The van der Waals surface area contributed by atoms with E-state index in [-0.39, 0.29) is 10.1 Å². The van der Waals surface area contributed by atoms with E-state index in [1.54, 1.807) is 6.21 Å². The molecule has 0 heterocycles. The number of nitrogens with one attached hydrogen (secondary N) is 1. The summed E-state index contributed by atoms with van der Waals surface area (Å²) in [6.45, 7) is 0. The summed E-state index contributed by atoms with van der Waals surface area (Å²) in [7, 11) is 0. The van der Waals surface area contributed by atoms with Gasteiger partial charge in [0.25, 0.3) is 0 Å². The predicted molar refractivity (Wildman–Crippen MR) is 70.4 cm³/mol.